The van der Waals surface area contributed by atoms with E-state index in [0.717, 1.165) is 0 Å². The van der Waals surface area contributed by atoms with Gasteiger partial charge >= 0.3 is 14.2 Å². The van der Waals surface area contributed by atoms with Crippen molar-refractivity contribution in [2.75, 3.05) is 14.2 Å². The number of rotatable bonds is 4. The maximum absolute atomic E-state index is 9.12. The van der Waals surface area contributed by atoms with Crippen LogP contribution >= 0.6 is 0 Å². The summed E-state index contributed by atoms with van der Waals surface area (Å²) in [5.41, 5.74) is 0.00917. The molecule has 0 aliphatic carbocycles. The molecule has 6 nitrogen and oxygen atoms in total. The molecule has 0 fully saturated rings. The van der Waals surface area contributed by atoms with Gasteiger partial charge in [-0.3, -0.25) is 0 Å². The average Bonchev–Trinajstić information content (AvgIpc) is 2.26. The van der Waals surface area contributed by atoms with E-state index >= 15 is 0 Å². The van der Waals surface area contributed by atoms with Crippen LogP contribution in [0, 0.1) is 0 Å². The smallest absolute Gasteiger partial charge is 0.492 e. The van der Waals surface area contributed by atoms with Gasteiger partial charge in [0.2, 0.25) is 0 Å². The molecule has 0 unspecified atom stereocenters. The van der Waals surface area contributed by atoms with E-state index in [0.29, 0.717) is 0 Å². The summed E-state index contributed by atoms with van der Waals surface area (Å²) in [6.45, 7) is 0. The van der Waals surface area contributed by atoms with Gasteiger partial charge in [0.1, 0.15) is 11.5 Å². The van der Waals surface area contributed by atoms with Crippen LogP contribution in [0.2, 0.25) is 0 Å². The molecular weight excluding hydrogens is 214 g/mol. The first-order valence-electron chi connectivity index (χ1n) is 4.49. The molecule has 0 radical (unpaired) electrons. The molecule has 4 N–H and O–H groups in total. The van der Waals surface area contributed by atoms with Crippen molar-refractivity contribution in [1.29, 1.82) is 0 Å². The van der Waals surface area contributed by atoms with Crippen molar-refractivity contribution in [3.8, 4) is 11.5 Å². The van der Waals surface area contributed by atoms with Crippen molar-refractivity contribution in [2.45, 2.75) is 0 Å². The predicted molar refractivity (Wildman–Crippen MR) is 59.2 cm³/mol. The Balaban J connectivity index is 3.40. The number of benzene rings is 1. The third-order valence-electron chi connectivity index (χ3n) is 2.12. The highest BCUT2D eigenvalue weighted by Gasteiger charge is 2.26. The zero-order valence-corrected chi connectivity index (χ0v) is 8.91. The van der Waals surface area contributed by atoms with Gasteiger partial charge in [-0.2, -0.15) is 0 Å². The Labute approximate surface area is 93.4 Å². The van der Waals surface area contributed by atoms with E-state index in [4.69, 9.17) is 29.6 Å². The lowest BCUT2D eigenvalue weighted by molar-refractivity contribution is 0.391. The molecule has 0 saturated heterocycles. The van der Waals surface area contributed by atoms with E-state index in [1.165, 1.54) is 26.4 Å². The number of methoxy groups -OCH3 is 2. The van der Waals surface area contributed by atoms with Crippen LogP contribution in [0.4, 0.5) is 0 Å². The molecule has 0 heterocycles. The Morgan fingerprint density at radius 1 is 0.875 bits per heavy atom. The van der Waals surface area contributed by atoms with Gasteiger partial charge in [-0.05, 0) is 12.1 Å². The van der Waals surface area contributed by atoms with Crippen LogP contribution in [0.15, 0.2) is 12.1 Å². The highest BCUT2D eigenvalue weighted by Crippen LogP contribution is 2.13. The fourth-order valence-electron chi connectivity index (χ4n) is 1.38. The lowest BCUT2D eigenvalue weighted by Crippen LogP contribution is -2.40. The lowest BCUT2D eigenvalue weighted by atomic mass is 9.71. The number of hydrogen-bond donors (Lipinski definition) is 4. The zero-order chi connectivity index (χ0) is 12.3. The first-order valence-corrected chi connectivity index (χ1v) is 4.49. The largest absolute Gasteiger partial charge is 0.497 e. The summed E-state index contributed by atoms with van der Waals surface area (Å²) >= 11 is 0. The zero-order valence-electron chi connectivity index (χ0n) is 8.91. The molecule has 86 valence electrons. The van der Waals surface area contributed by atoms with E-state index in [2.05, 4.69) is 0 Å². The molecule has 16 heavy (non-hydrogen) atoms. The molecule has 0 saturated carbocycles. The van der Waals surface area contributed by atoms with Crippen LogP contribution in [0.25, 0.3) is 0 Å². The first kappa shape index (κ1) is 12.9. The maximum Gasteiger partial charge on any atom is 0.492 e. The second-order valence-corrected chi connectivity index (χ2v) is 3.09. The van der Waals surface area contributed by atoms with Gasteiger partial charge < -0.3 is 29.6 Å². The van der Waals surface area contributed by atoms with Gasteiger partial charge in [-0.25, -0.2) is 0 Å². The topological polar surface area (TPSA) is 99.4 Å². The van der Waals surface area contributed by atoms with Crippen molar-refractivity contribution in [3.63, 3.8) is 0 Å². The molecule has 0 aliphatic heterocycles. The third kappa shape index (κ3) is 2.48. The lowest BCUT2D eigenvalue weighted by Gasteiger charge is -2.14. The Hall–Kier alpha value is -1.21. The SMILES string of the molecule is COc1cc(B(O)O)c(OC)c(B(O)O)c1. The van der Waals surface area contributed by atoms with Crippen molar-refractivity contribution in [3.05, 3.63) is 12.1 Å². The summed E-state index contributed by atoms with van der Waals surface area (Å²) < 4.78 is 9.80. The van der Waals surface area contributed by atoms with E-state index in [-0.39, 0.29) is 22.4 Å². The molecule has 8 heteroatoms. The minimum atomic E-state index is -1.79. The third-order valence-corrected chi connectivity index (χ3v) is 2.12. The fraction of sp³-hybridized carbons (Fsp3) is 0.250. The van der Waals surface area contributed by atoms with Crippen molar-refractivity contribution < 1.29 is 29.6 Å². The van der Waals surface area contributed by atoms with Crippen LogP contribution in [-0.2, 0) is 0 Å². The Morgan fingerprint density at radius 3 is 1.56 bits per heavy atom. The minimum absolute atomic E-state index is 0.00458. The molecule has 0 atom stereocenters. The number of ether oxygens (including phenoxy) is 2. The Bertz CT molecular complexity index is 339. The van der Waals surface area contributed by atoms with Crippen molar-refractivity contribution in [1.82, 2.24) is 0 Å². The van der Waals surface area contributed by atoms with Crippen LogP contribution in [0.5, 0.6) is 11.5 Å². The van der Waals surface area contributed by atoms with E-state index in [9.17, 15) is 0 Å². The molecule has 1 rings (SSSR count). The Kier molecular flexibility index (Phi) is 4.19. The van der Waals surface area contributed by atoms with Gasteiger partial charge in [0.15, 0.2) is 0 Å². The highest BCUT2D eigenvalue weighted by molar-refractivity contribution is 6.64. The summed E-state index contributed by atoms with van der Waals surface area (Å²) in [6.07, 6.45) is 0. The van der Waals surface area contributed by atoms with Gasteiger partial charge in [0, 0.05) is 10.9 Å². The fourth-order valence-corrected chi connectivity index (χ4v) is 1.38. The molecular formula is C8H12B2O6. The minimum Gasteiger partial charge on any atom is -0.497 e. The van der Waals surface area contributed by atoms with Crippen molar-refractivity contribution in [2.24, 2.45) is 0 Å². The van der Waals surface area contributed by atoms with Crippen molar-refractivity contribution >= 4 is 25.2 Å². The maximum atomic E-state index is 9.12. The summed E-state index contributed by atoms with van der Waals surface area (Å²) in [6, 6.07) is 2.69. The van der Waals surface area contributed by atoms with Crippen LogP contribution in [-0.4, -0.2) is 48.6 Å². The monoisotopic (exact) mass is 226 g/mol. The van der Waals surface area contributed by atoms with Crippen LogP contribution < -0.4 is 20.4 Å². The summed E-state index contributed by atoms with van der Waals surface area (Å²) in [4.78, 5) is 0. The van der Waals surface area contributed by atoms with Gasteiger partial charge in [0.05, 0.1) is 14.2 Å². The normalized spacial score (nSPS) is 9.88. The average molecular weight is 226 g/mol. The second-order valence-electron chi connectivity index (χ2n) is 3.09. The Morgan fingerprint density at radius 2 is 1.31 bits per heavy atom. The van der Waals surface area contributed by atoms with Crippen LogP contribution in [0.3, 0.4) is 0 Å². The van der Waals surface area contributed by atoms with Gasteiger partial charge in [-0.15, -0.1) is 0 Å². The molecule has 1 aromatic carbocycles. The molecule has 0 bridgehead atoms. The molecule has 0 aromatic heterocycles. The summed E-state index contributed by atoms with van der Waals surface area (Å²) in [5.74, 6) is 0.276. The van der Waals surface area contributed by atoms with Gasteiger partial charge in [0.25, 0.3) is 0 Å². The quantitative estimate of drug-likeness (QED) is 0.410. The standard InChI is InChI=1S/C8H12B2O6/c1-15-5-3-6(9(11)12)8(16-2)7(4-5)10(13)14/h3-4,11-14H,1-2H3. The summed E-state index contributed by atoms with van der Waals surface area (Å²) in [5, 5.41) is 36.5. The molecule has 1 aromatic rings. The number of hydrogen-bond acceptors (Lipinski definition) is 6. The molecule has 0 spiro atoms. The first-order chi connectivity index (χ1) is 7.51. The predicted octanol–water partition coefficient (Wildman–Crippen LogP) is -2.94. The van der Waals surface area contributed by atoms with E-state index in [1.807, 2.05) is 0 Å². The van der Waals surface area contributed by atoms with Gasteiger partial charge in [-0.1, -0.05) is 0 Å². The molecule has 0 aliphatic rings. The molecule has 0 amide bonds. The van der Waals surface area contributed by atoms with Crippen LogP contribution in [0.1, 0.15) is 0 Å². The second kappa shape index (κ2) is 5.22. The summed E-state index contributed by atoms with van der Waals surface area (Å²) in [7, 11) is -0.910. The van der Waals surface area contributed by atoms with E-state index < -0.39 is 14.2 Å². The highest BCUT2D eigenvalue weighted by atomic mass is 16.5. The van der Waals surface area contributed by atoms with E-state index in [1.54, 1.807) is 0 Å².